The zero-order valence-electron chi connectivity index (χ0n) is 28.1. The molecule has 0 spiro atoms. The highest BCUT2D eigenvalue weighted by atomic mass is 35.5. The minimum atomic E-state index is -1.02. The van der Waals surface area contributed by atoms with Crippen molar-refractivity contribution in [3.05, 3.63) is 82.4 Å². The SMILES string of the molecule is COc1cc(C(=O)NCCCCc2ccc(-c3ccccc3)c(N(C(=O)O)[C@H]3CC[C@H](NC(=O)OC(C)(C)C)CC3)c2)c(Cl)cc1CO. The third kappa shape index (κ3) is 9.87. The van der Waals surface area contributed by atoms with Crippen LogP contribution >= 0.6 is 11.6 Å². The second kappa shape index (κ2) is 16.7. The Morgan fingerprint density at radius 2 is 1.69 bits per heavy atom. The quantitative estimate of drug-likeness (QED) is 0.145. The van der Waals surface area contributed by atoms with E-state index in [9.17, 15) is 24.6 Å². The molecule has 4 rings (SSSR count). The van der Waals surface area contributed by atoms with Crippen molar-refractivity contribution in [2.75, 3.05) is 18.6 Å². The number of nitrogens with zero attached hydrogens (tertiary/aromatic N) is 1. The van der Waals surface area contributed by atoms with Crippen LogP contribution in [0.3, 0.4) is 0 Å². The summed E-state index contributed by atoms with van der Waals surface area (Å²) in [4.78, 5) is 39.5. The molecular formula is C37H46ClN3O7. The molecule has 4 N–H and O–H groups in total. The molecule has 3 aromatic rings. The fourth-order valence-corrected chi connectivity index (χ4v) is 6.31. The second-order valence-electron chi connectivity index (χ2n) is 13.0. The second-order valence-corrected chi connectivity index (χ2v) is 13.4. The van der Waals surface area contributed by atoms with Gasteiger partial charge in [0.1, 0.15) is 11.4 Å². The number of carbonyl (C=O) groups is 3. The molecule has 3 aromatic carbocycles. The number of carboxylic acid groups (broad SMARTS) is 1. The van der Waals surface area contributed by atoms with Crippen LogP contribution in [0.25, 0.3) is 11.1 Å². The summed E-state index contributed by atoms with van der Waals surface area (Å²) in [6, 6.07) is 18.5. The summed E-state index contributed by atoms with van der Waals surface area (Å²) in [7, 11) is 1.47. The molecule has 0 radical (unpaired) electrons. The van der Waals surface area contributed by atoms with E-state index >= 15 is 0 Å². The van der Waals surface area contributed by atoms with Gasteiger partial charge in [-0.15, -0.1) is 0 Å². The van der Waals surface area contributed by atoms with Crippen molar-refractivity contribution in [1.82, 2.24) is 10.6 Å². The molecule has 1 aliphatic rings. The standard InChI is InChI=1S/C37H46ClN3O7/c1-37(2,3)48-35(44)40-27-14-16-28(17-15-27)41(36(45)46)32-20-24(13-18-29(32)25-11-6-5-7-12-25)10-8-9-19-39-34(43)30-22-33(47-4)26(23-42)21-31(30)38/h5-7,11-13,18,20-22,27-28,42H,8-10,14-17,19,23H2,1-4H3,(H,39,43)(H,40,44)(H,45,46)/t27-,28-. The number of unbranched alkanes of at least 4 members (excludes halogenated alkanes) is 1. The zero-order valence-corrected chi connectivity index (χ0v) is 28.8. The minimum absolute atomic E-state index is 0.0786. The number of aliphatic hydroxyl groups is 1. The Morgan fingerprint density at radius 3 is 2.31 bits per heavy atom. The van der Waals surface area contributed by atoms with Crippen molar-refractivity contribution in [3.63, 3.8) is 0 Å². The molecular weight excluding hydrogens is 634 g/mol. The smallest absolute Gasteiger partial charge is 0.412 e. The number of carbonyl (C=O) groups excluding carboxylic acids is 2. The number of hydrogen-bond donors (Lipinski definition) is 4. The summed E-state index contributed by atoms with van der Waals surface area (Å²) in [5, 5.41) is 26.1. The molecule has 10 nitrogen and oxygen atoms in total. The molecule has 1 fully saturated rings. The maximum atomic E-state index is 12.9. The van der Waals surface area contributed by atoms with Crippen molar-refractivity contribution in [2.45, 2.75) is 90.0 Å². The highest BCUT2D eigenvalue weighted by Gasteiger charge is 2.32. The molecule has 48 heavy (non-hydrogen) atoms. The van der Waals surface area contributed by atoms with Gasteiger partial charge in [0.05, 0.1) is 30.0 Å². The van der Waals surface area contributed by atoms with Gasteiger partial charge in [-0.25, -0.2) is 9.59 Å². The number of aryl methyl sites for hydroxylation is 1. The van der Waals surface area contributed by atoms with E-state index in [2.05, 4.69) is 10.6 Å². The van der Waals surface area contributed by atoms with Gasteiger partial charge in [-0.1, -0.05) is 54.1 Å². The van der Waals surface area contributed by atoms with Gasteiger partial charge in [0, 0.05) is 29.8 Å². The Balaban J connectivity index is 1.43. The van der Waals surface area contributed by atoms with Gasteiger partial charge in [0.15, 0.2) is 0 Å². The van der Waals surface area contributed by atoms with E-state index in [4.69, 9.17) is 21.1 Å². The fourth-order valence-electron chi connectivity index (χ4n) is 6.04. The van der Waals surface area contributed by atoms with E-state index < -0.39 is 17.8 Å². The molecule has 0 heterocycles. The van der Waals surface area contributed by atoms with Gasteiger partial charge in [0.25, 0.3) is 5.91 Å². The largest absolute Gasteiger partial charge is 0.496 e. The zero-order chi connectivity index (χ0) is 34.8. The van der Waals surface area contributed by atoms with Crippen molar-refractivity contribution in [2.24, 2.45) is 0 Å². The summed E-state index contributed by atoms with van der Waals surface area (Å²) >= 11 is 6.28. The maximum absolute atomic E-state index is 12.9. The molecule has 0 unspecified atom stereocenters. The summed E-state index contributed by atoms with van der Waals surface area (Å²) in [6.07, 6.45) is 3.16. The van der Waals surface area contributed by atoms with Crippen molar-refractivity contribution in [1.29, 1.82) is 0 Å². The molecule has 0 aliphatic heterocycles. The molecule has 1 aliphatic carbocycles. The Morgan fingerprint density at radius 1 is 0.979 bits per heavy atom. The van der Waals surface area contributed by atoms with Crippen LogP contribution in [-0.4, -0.2) is 59.6 Å². The molecule has 0 saturated heterocycles. The molecule has 258 valence electrons. The molecule has 0 aromatic heterocycles. The van der Waals surface area contributed by atoms with E-state index in [1.807, 2.05) is 69.3 Å². The first-order valence-corrected chi connectivity index (χ1v) is 16.7. The van der Waals surface area contributed by atoms with Crippen LogP contribution in [0.4, 0.5) is 15.3 Å². The Kier molecular flexibility index (Phi) is 12.7. The van der Waals surface area contributed by atoms with Crippen LogP contribution in [0, 0.1) is 0 Å². The normalized spacial score (nSPS) is 16.1. The molecule has 0 atom stereocenters. The third-order valence-electron chi connectivity index (χ3n) is 8.36. The molecule has 11 heteroatoms. The average molecular weight is 680 g/mol. The Hall–Kier alpha value is -4.28. The van der Waals surface area contributed by atoms with Gasteiger partial charge in [-0.05, 0) is 95.0 Å². The van der Waals surface area contributed by atoms with Crippen LogP contribution < -0.4 is 20.3 Å². The van der Waals surface area contributed by atoms with Crippen LogP contribution in [0.15, 0.2) is 60.7 Å². The number of rotatable bonds is 12. The van der Waals surface area contributed by atoms with Gasteiger partial charge in [0.2, 0.25) is 0 Å². The lowest BCUT2D eigenvalue weighted by molar-refractivity contribution is 0.0490. The van der Waals surface area contributed by atoms with Crippen molar-refractivity contribution < 1.29 is 34.1 Å². The van der Waals surface area contributed by atoms with Crippen LogP contribution in [-0.2, 0) is 17.8 Å². The van der Waals surface area contributed by atoms with Crippen LogP contribution in [0.5, 0.6) is 5.75 Å². The van der Waals surface area contributed by atoms with Crippen molar-refractivity contribution in [3.8, 4) is 16.9 Å². The Labute approximate surface area is 287 Å². The molecule has 3 amide bonds. The minimum Gasteiger partial charge on any atom is -0.496 e. The van der Waals surface area contributed by atoms with E-state index in [-0.39, 0.29) is 35.2 Å². The number of nitrogens with one attached hydrogen (secondary N) is 2. The predicted molar refractivity (Wildman–Crippen MR) is 187 cm³/mol. The van der Waals surface area contributed by atoms with Gasteiger partial charge < -0.3 is 30.3 Å². The number of amides is 3. The Bertz CT molecular complexity index is 1570. The number of ether oxygens (including phenoxy) is 2. The third-order valence-corrected chi connectivity index (χ3v) is 8.67. The number of methoxy groups -OCH3 is 1. The van der Waals surface area contributed by atoms with E-state index in [1.165, 1.54) is 24.1 Å². The van der Waals surface area contributed by atoms with Crippen LogP contribution in [0.2, 0.25) is 5.02 Å². The number of benzene rings is 3. The highest BCUT2D eigenvalue weighted by Crippen LogP contribution is 2.37. The molecule has 1 saturated carbocycles. The lowest BCUT2D eigenvalue weighted by Gasteiger charge is -2.36. The monoisotopic (exact) mass is 679 g/mol. The number of anilines is 1. The van der Waals surface area contributed by atoms with Gasteiger partial charge in [-0.3, -0.25) is 9.69 Å². The highest BCUT2D eigenvalue weighted by molar-refractivity contribution is 6.34. The topological polar surface area (TPSA) is 137 Å². The maximum Gasteiger partial charge on any atom is 0.412 e. The van der Waals surface area contributed by atoms with Crippen molar-refractivity contribution >= 4 is 35.4 Å². The first kappa shape index (κ1) is 36.6. The lowest BCUT2D eigenvalue weighted by Crippen LogP contribution is -2.47. The number of halogens is 1. The summed E-state index contributed by atoms with van der Waals surface area (Å²) in [5.74, 6) is 0.0631. The predicted octanol–water partition coefficient (Wildman–Crippen LogP) is 7.58. The number of hydrogen-bond acceptors (Lipinski definition) is 6. The van der Waals surface area contributed by atoms with Gasteiger partial charge in [-0.2, -0.15) is 0 Å². The fraction of sp³-hybridized carbons (Fsp3) is 0.432. The van der Waals surface area contributed by atoms with E-state index in [0.29, 0.717) is 62.1 Å². The first-order valence-electron chi connectivity index (χ1n) is 16.4. The summed E-state index contributed by atoms with van der Waals surface area (Å²) in [6.45, 7) is 5.63. The lowest BCUT2D eigenvalue weighted by atomic mass is 9.89. The van der Waals surface area contributed by atoms with Crippen LogP contribution in [0.1, 0.15) is 80.8 Å². The number of alkyl carbamates (subject to hydrolysis) is 1. The number of aliphatic hydroxyl groups excluding tert-OH is 1. The summed E-state index contributed by atoms with van der Waals surface area (Å²) in [5.41, 5.74) is 3.58. The van der Waals surface area contributed by atoms with E-state index in [1.54, 1.807) is 0 Å². The van der Waals surface area contributed by atoms with E-state index in [0.717, 1.165) is 23.1 Å². The summed E-state index contributed by atoms with van der Waals surface area (Å²) < 4.78 is 10.7. The van der Waals surface area contributed by atoms with Gasteiger partial charge >= 0.3 is 12.2 Å². The average Bonchev–Trinajstić information content (AvgIpc) is 3.04. The first-order chi connectivity index (χ1) is 22.9. The molecule has 0 bridgehead atoms.